The van der Waals surface area contributed by atoms with E-state index in [1.165, 1.54) is 0 Å². The van der Waals surface area contributed by atoms with Gasteiger partial charge in [-0.25, -0.2) is 13.4 Å². The number of carboxylic acids is 1. The van der Waals surface area contributed by atoms with E-state index in [1.54, 1.807) is 12.4 Å². The minimum Gasteiger partial charge on any atom is -0.748 e. The van der Waals surface area contributed by atoms with Crippen LogP contribution in [0.1, 0.15) is 12.8 Å². The second-order valence-corrected chi connectivity index (χ2v) is 17.7. The Morgan fingerprint density at radius 2 is 1.31 bits per heavy atom. The highest BCUT2D eigenvalue weighted by Crippen LogP contribution is 2.48. The third kappa shape index (κ3) is 10.9. The number of pyridine rings is 2. The predicted molar refractivity (Wildman–Crippen MR) is 163 cm³/mol. The molecule has 10 unspecified atom stereocenters. The Morgan fingerprint density at radius 1 is 0.804 bits per heavy atom. The molecule has 0 aromatic carbocycles. The summed E-state index contributed by atoms with van der Waals surface area (Å²) in [7, 11) is -16.2. The molecule has 284 valence electrons. The first-order valence-corrected chi connectivity index (χ1v) is 20.7. The van der Waals surface area contributed by atoms with Crippen LogP contribution >= 0.6 is 0 Å². The van der Waals surface area contributed by atoms with Crippen molar-refractivity contribution in [1.29, 1.82) is 0 Å². The summed E-state index contributed by atoms with van der Waals surface area (Å²) < 4.78 is 129. The Morgan fingerprint density at radius 3 is 1.69 bits per heavy atom. The fourth-order valence-electron chi connectivity index (χ4n) is 5.75. The van der Waals surface area contributed by atoms with Gasteiger partial charge in [0.15, 0.2) is 24.3 Å². The molecule has 6 aliphatic rings. The average Bonchev–Trinajstić information content (AvgIpc) is 3.84. The third-order valence-electron chi connectivity index (χ3n) is 7.65. The van der Waals surface area contributed by atoms with E-state index in [0.717, 1.165) is 0 Å². The number of aliphatic hydroxyl groups excluding tert-OH is 1. The molecule has 2 aromatic heterocycles. The van der Waals surface area contributed by atoms with Crippen molar-refractivity contribution in [3.8, 4) is 0 Å². The van der Waals surface area contributed by atoms with Crippen molar-refractivity contribution >= 4 is 52.4 Å². The molecule has 0 saturated carbocycles. The molecule has 0 aliphatic carbocycles. The summed E-state index contributed by atoms with van der Waals surface area (Å²) in [5.41, 5.74) is 0. The molecule has 51 heavy (non-hydrogen) atoms. The number of carboxylic acid groups (broad SMARTS) is 1. The molecule has 8 heterocycles. The summed E-state index contributed by atoms with van der Waals surface area (Å²) >= 11 is 0. The number of aliphatic carboxylic acids is 1. The molecule has 25 heteroatoms. The highest BCUT2D eigenvalue weighted by Gasteiger charge is 2.67. The molecule has 0 radical (unpaired) electrons. The molecular weight excluding hydrogens is 773 g/mol. The smallest absolute Gasteiger partial charge is 0.321 e. The van der Waals surface area contributed by atoms with Crippen molar-refractivity contribution in [1.82, 2.24) is 4.98 Å². The molecule has 4 N–H and O–H groups in total. The van der Waals surface area contributed by atoms with Crippen LogP contribution in [0.2, 0.25) is 0 Å². The van der Waals surface area contributed by atoms with Gasteiger partial charge in [0.1, 0.15) is 56.9 Å². The lowest BCUT2D eigenvalue weighted by atomic mass is 9.94. The van der Waals surface area contributed by atoms with Crippen molar-refractivity contribution < 1.29 is 90.1 Å². The quantitative estimate of drug-likeness (QED) is 0.153. The number of nitrogens with one attached hydrogen (secondary N) is 1. The highest BCUT2D eigenvalue weighted by molar-refractivity contribution is 7.88. The Kier molecular flexibility index (Phi) is 12.9. The SMILES string of the molecule is O=C(CS(=O)(=O)[O-])OC1C2CC3C(O2)C1OS3(=O)=O.O=C(O)CS(=O)(=O)O.O=S1(=O)OC2C(O)C3CC1C2O3.c1cc[nH+]cc1.c1ccncc1. The first-order valence-electron chi connectivity index (χ1n) is 14.6. The van der Waals surface area contributed by atoms with E-state index in [1.807, 2.05) is 48.8 Å². The van der Waals surface area contributed by atoms with Crippen molar-refractivity contribution in [3.63, 3.8) is 0 Å². The minimum atomic E-state index is -4.74. The Labute approximate surface area is 291 Å². The van der Waals surface area contributed by atoms with Gasteiger partial charge in [-0.1, -0.05) is 12.1 Å². The molecule has 10 atom stereocenters. The van der Waals surface area contributed by atoms with Crippen LogP contribution in [0.3, 0.4) is 0 Å². The first kappa shape index (κ1) is 40.5. The summed E-state index contributed by atoms with van der Waals surface area (Å²) in [5.74, 6) is -5.33. The van der Waals surface area contributed by atoms with Gasteiger partial charge in [0.2, 0.25) is 0 Å². The van der Waals surface area contributed by atoms with Gasteiger partial charge in [-0.15, -0.1) is 0 Å². The molecule has 4 bridgehead atoms. The number of hydrogen-bond donors (Lipinski definition) is 3. The summed E-state index contributed by atoms with van der Waals surface area (Å²) in [5, 5.41) is 15.8. The predicted octanol–water partition coefficient (Wildman–Crippen LogP) is -3.13. The maximum Gasteiger partial charge on any atom is 0.321 e. The van der Waals surface area contributed by atoms with Crippen LogP contribution in [-0.2, 0) is 72.6 Å². The van der Waals surface area contributed by atoms with Gasteiger partial charge in [-0.2, -0.15) is 25.3 Å². The number of esters is 1. The first-order chi connectivity index (χ1) is 23.7. The van der Waals surface area contributed by atoms with Crippen LogP contribution in [-0.4, -0.2) is 141 Å². The van der Waals surface area contributed by atoms with Crippen LogP contribution in [0.5, 0.6) is 0 Å². The van der Waals surface area contributed by atoms with E-state index in [4.69, 9.17) is 32.2 Å². The Balaban J connectivity index is 0.000000156. The Hall–Kier alpha value is -3.24. The number of fused-ring (bicyclic) bond motifs is 2. The molecule has 6 saturated heterocycles. The van der Waals surface area contributed by atoms with Crippen molar-refractivity contribution in [2.75, 3.05) is 11.5 Å². The molecule has 6 aliphatic heterocycles. The second kappa shape index (κ2) is 16.2. The van der Waals surface area contributed by atoms with Crippen molar-refractivity contribution in [2.45, 2.75) is 72.2 Å². The van der Waals surface area contributed by atoms with Crippen molar-refractivity contribution in [3.05, 3.63) is 61.2 Å². The second-order valence-electron chi connectivity index (χ2n) is 11.3. The molecule has 6 fully saturated rings. The normalized spacial score (nSPS) is 33.5. The molecule has 2 aromatic rings. The minimum absolute atomic E-state index is 0.131. The maximum atomic E-state index is 11.6. The van der Waals surface area contributed by atoms with E-state index in [0.29, 0.717) is 6.42 Å². The lowest BCUT2D eigenvalue weighted by Crippen LogP contribution is -2.42. The maximum absolute atomic E-state index is 11.6. The summed E-state index contributed by atoms with van der Waals surface area (Å²) in [6.07, 6.45) is 2.32. The standard InChI is InChI=1S/C8H10O9S2.C6H8O5S.2C5H5N.C2H4O5S/c9-5(2-18(10,11)12)16-6-3-1-4-7(15-3)8(6)17-19(4,13)14;7-4-2-1-3-5(10-2)6(4)11-12(3,8)9;2*1-2-4-6-5-3-1;3-2(4)1-8(5,6)7/h3-4,6-8H,1-2H2,(H,10,11,12);2-7H,1H2;2*1-5H;1H2,(H,3,4)(H,5,6,7). The van der Waals surface area contributed by atoms with Gasteiger partial charge in [0, 0.05) is 24.5 Å². The summed E-state index contributed by atoms with van der Waals surface area (Å²) in [6.45, 7) is 0. The number of carbonyl (C=O) groups is 2. The number of aromatic amines is 1. The van der Waals surface area contributed by atoms with Gasteiger partial charge in [-0.3, -0.25) is 27.5 Å². The third-order valence-corrected chi connectivity index (χ3v) is 12.2. The van der Waals surface area contributed by atoms with Crippen LogP contribution in [0.25, 0.3) is 0 Å². The fraction of sp³-hybridized carbons (Fsp3) is 0.538. The zero-order chi connectivity index (χ0) is 37.8. The number of H-pyrrole nitrogens is 1. The van der Waals surface area contributed by atoms with Gasteiger partial charge >= 0.3 is 11.9 Å². The van der Waals surface area contributed by atoms with Gasteiger partial charge in [0.05, 0.1) is 12.2 Å². The summed E-state index contributed by atoms with van der Waals surface area (Å²) in [4.78, 5) is 27.4. The number of ether oxygens (including phenoxy) is 3. The number of carbonyl (C=O) groups excluding carboxylic acids is 1. The number of rotatable bonds is 5. The van der Waals surface area contributed by atoms with Gasteiger partial charge in [0.25, 0.3) is 30.4 Å². The van der Waals surface area contributed by atoms with E-state index in [9.17, 15) is 52.9 Å². The average molecular weight is 805 g/mol. The number of nitrogens with zero attached hydrogens (tertiary/aromatic N) is 1. The zero-order valence-electron chi connectivity index (χ0n) is 25.8. The lowest BCUT2D eigenvalue weighted by molar-refractivity contribution is -0.378. The highest BCUT2D eigenvalue weighted by atomic mass is 32.2. The molecule has 8 rings (SSSR count). The van der Waals surface area contributed by atoms with Crippen LogP contribution < -0.4 is 4.98 Å². The number of aromatic nitrogens is 2. The van der Waals surface area contributed by atoms with E-state index < -0.39 is 117 Å². The summed E-state index contributed by atoms with van der Waals surface area (Å²) in [6, 6.07) is 11.6. The zero-order valence-corrected chi connectivity index (χ0v) is 29.1. The van der Waals surface area contributed by atoms with Crippen LogP contribution in [0, 0.1) is 0 Å². The number of hydrogen-bond acceptors (Lipinski definition) is 18. The van der Waals surface area contributed by atoms with Crippen molar-refractivity contribution in [2.24, 2.45) is 0 Å². The number of aliphatic hydroxyl groups is 1. The Bertz CT molecular complexity index is 1870. The van der Waals surface area contributed by atoms with Gasteiger partial charge < -0.3 is 29.0 Å². The fourth-order valence-corrected chi connectivity index (χ4v) is 9.71. The van der Waals surface area contributed by atoms with Crippen LogP contribution in [0.4, 0.5) is 0 Å². The van der Waals surface area contributed by atoms with E-state index in [2.05, 4.69) is 9.97 Å². The molecular formula is C26H32N2O19S4. The molecule has 0 amide bonds. The largest absolute Gasteiger partial charge is 0.748 e. The lowest BCUT2D eigenvalue weighted by Gasteiger charge is -2.22. The van der Waals surface area contributed by atoms with Crippen LogP contribution in [0.15, 0.2) is 61.2 Å². The molecule has 21 nitrogen and oxygen atoms in total. The van der Waals surface area contributed by atoms with Gasteiger partial charge in [-0.05, 0) is 25.0 Å². The van der Waals surface area contributed by atoms with E-state index >= 15 is 0 Å². The topological polar surface area (TPSA) is 328 Å². The van der Waals surface area contributed by atoms with E-state index in [-0.39, 0.29) is 12.5 Å². The monoisotopic (exact) mass is 804 g/mol. The molecule has 0 spiro atoms.